The molecular weight excluding hydrogens is 841 g/mol. The largest absolute Gasteiger partial charge is 0.508 e. The van der Waals surface area contributed by atoms with Crippen molar-refractivity contribution >= 4 is 40.5 Å². The van der Waals surface area contributed by atoms with E-state index in [0.29, 0.717) is 62.1 Å². The van der Waals surface area contributed by atoms with Gasteiger partial charge in [-0.15, -0.1) is 0 Å². The summed E-state index contributed by atoms with van der Waals surface area (Å²) in [6.45, 7) is 11.8. The Balaban J connectivity index is 1.23. The normalized spacial score (nSPS) is 20.4. The third-order valence-electron chi connectivity index (χ3n) is 12.6. The van der Waals surface area contributed by atoms with Gasteiger partial charge in [0.15, 0.2) is 0 Å². The van der Waals surface area contributed by atoms with Crippen molar-refractivity contribution in [2.45, 2.75) is 91.4 Å². The second-order valence-electron chi connectivity index (χ2n) is 19.1. The molecule has 3 aromatic heterocycles. The number of nitrogens with one attached hydrogen (secondary N) is 2. The van der Waals surface area contributed by atoms with E-state index in [9.17, 15) is 29.1 Å². The van der Waals surface area contributed by atoms with E-state index < -0.39 is 47.2 Å². The van der Waals surface area contributed by atoms with Crippen LogP contribution in [0.5, 0.6) is 5.75 Å². The van der Waals surface area contributed by atoms with Gasteiger partial charge in [-0.1, -0.05) is 33.6 Å². The summed E-state index contributed by atoms with van der Waals surface area (Å²) >= 11 is 0. The van der Waals surface area contributed by atoms with Crippen molar-refractivity contribution in [1.29, 1.82) is 0 Å². The van der Waals surface area contributed by atoms with Gasteiger partial charge in [0.25, 0.3) is 11.8 Å². The lowest BCUT2D eigenvalue weighted by molar-refractivity contribution is -0.155. The highest BCUT2D eigenvalue weighted by molar-refractivity contribution is 5.96. The summed E-state index contributed by atoms with van der Waals surface area (Å²) in [6.07, 6.45) is 8.72. The minimum absolute atomic E-state index is 0.0393. The Hall–Kier alpha value is -6.38. The van der Waals surface area contributed by atoms with Crippen LogP contribution < -0.4 is 10.7 Å². The Morgan fingerprint density at radius 3 is 2.50 bits per heavy atom. The van der Waals surface area contributed by atoms with E-state index in [0.717, 1.165) is 27.7 Å². The number of rotatable bonds is 8. The zero-order chi connectivity index (χ0) is 47.4. The molecule has 6 heterocycles. The van der Waals surface area contributed by atoms with Gasteiger partial charge in [-0.25, -0.2) is 15.4 Å². The Labute approximate surface area is 386 Å². The number of likely N-dealkylation sites (N-methyl/N-ethyl adjacent to an activating group) is 1. The maximum Gasteiger partial charge on any atom is 0.324 e. The SMILES string of the molecule is CCn1c(-c2cncnc2)c2c3cc(ncc31)-c1cc(O)cc(c1)C[C@H](NC(=O)C(C(C)C)N(C)C(=O)[C@H]1CCN(C(=O)C#CCN(C)C)C1)C(=O)N1CCC[C@H](N1)C(=O)OCC(C)(C)C2. The van der Waals surface area contributed by atoms with Gasteiger partial charge in [-0.3, -0.25) is 38.9 Å². The van der Waals surface area contributed by atoms with Crippen LogP contribution in [-0.4, -0.2) is 146 Å². The standard InChI is InChI=1S/C49H62N10O7/c1-9-58-41-26-52-39-22-36(41)37(44(58)34-24-50-29-51-25-34)23-49(4,5)28-66-48(65)38-12-10-16-59(54-38)47(64)40(20-31-18-33(39)21-35(60)19-31)53-45(62)43(30(2)3)56(8)46(63)32-14-17-57(27-32)42(61)13-11-15-55(6)7/h18-19,21-22,24-26,29-30,32,38,40,43,54,60H,9-10,12,14-17,20,23,27-28H2,1-8H3,(H,53,62)/t32-,38-,40-,43?/m0/s1. The van der Waals surface area contributed by atoms with Crippen molar-refractivity contribution < 1.29 is 33.8 Å². The number of aryl methyl sites for hydroxylation is 1. The molecule has 7 rings (SSSR count). The molecule has 2 fully saturated rings. The van der Waals surface area contributed by atoms with Crippen LogP contribution in [0.1, 0.15) is 65.0 Å². The topological polar surface area (TPSA) is 195 Å². The van der Waals surface area contributed by atoms with Crippen LogP contribution in [0.25, 0.3) is 33.4 Å². The first-order chi connectivity index (χ1) is 31.4. The molecule has 2 saturated heterocycles. The lowest BCUT2D eigenvalue weighted by atomic mass is 9.84. The van der Waals surface area contributed by atoms with Gasteiger partial charge in [0.1, 0.15) is 30.2 Å². The number of benzene rings is 1. The zero-order valence-corrected chi connectivity index (χ0v) is 39.3. The molecule has 66 heavy (non-hydrogen) atoms. The summed E-state index contributed by atoms with van der Waals surface area (Å²) in [5.74, 6) is 2.39. The molecule has 17 nitrogen and oxygen atoms in total. The third kappa shape index (κ3) is 10.5. The number of nitrogens with zero attached hydrogens (tertiary/aromatic N) is 8. The summed E-state index contributed by atoms with van der Waals surface area (Å²) in [7, 11) is 5.30. The number of carbonyl (C=O) groups is 5. The fourth-order valence-electron chi connectivity index (χ4n) is 9.41. The van der Waals surface area contributed by atoms with Gasteiger partial charge in [-0.05, 0) is 93.9 Å². The van der Waals surface area contributed by atoms with Crippen LogP contribution in [0.3, 0.4) is 0 Å². The van der Waals surface area contributed by atoms with Crippen LogP contribution in [0.15, 0.2) is 49.2 Å². The van der Waals surface area contributed by atoms with Crippen molar-refractivity contribution in [2.24, 2.45) is 17.3 Å². The van der Waals surface area contributed by atoms with E-state index in [1.807, 2.05) is 65.0 Å². The average molecular weight is 903 g/mol. The number of aromatic nitrogens is 4. The zero-order valence-electron chi connectivity index (χ0n) is 39.3. The predicted molar refractivity (Wildman–Crippen MR) is 248 cm³/mol. The minimum atomic E-state index is -1.19. The van der Waals surface area contributed by atoms with Crippen LogP contribution in [0.4, 0.5) is 0 Å². The Kier molecular flexibility index (Phi) is 14.4. The number of ether oxygens (including phenoxy) is 1. The third-order valence-corrected chi connectivity index (χ3v) is 12.6. The number of carbonyl (C=O) groups excluding carboxylic acids is 5. The van der Waals surface area contributed by atoms with Gasteiger partial charge in [0, 0.05) is 74.0 Å². The number of phenolic OH excluding ortho intramolecular Hbond substituents is 1. The van der Waals surface area contributed by atoms with Gasteiger partial charge in [0.2, 0.25) is 11.8 Å². The number of pyridine rings is 1. The molecule has 0 spiro atoms. The van der Waals surface area contributed by atoms with Crippen molar-refractivity contribution in [3.05, 3.63) is 60.3 Å². The summed E-state index contributed by atoms with van der Waals surface area (Å²) in [6, 6.07) is 4.04. The first-order valence-electron chi connectivity index (χ1n) is 22.8. The highest BCUT2D eigenvalue weighted by Crippen LogP contribution is 2.39. The maximum atomic E-state index is 14.7. The molecule has 1 aromatic carbocycles. The molecule has 3 aliphatic heterocycles. The maximum absolute atomic E-state index is 14.7. The van der Waals surface area contributed by atoms with Crippen LogP contribution in [0.2, 0.25) is 0 Å². The predicted octanol–water partition coefficient (Wildman–Crippen LogP) is 3.43. The number of hydrogen-bond donors (Lipinski definition) is 3. The molecule has 3 N–H and O–H groups in total. The number of fused-ring (bicyclic) bond motifs is 6. The van der Waals surface area contributed by atoms with E-state index in [-0.39, 0.29) is 49.6 Å². The van der Waals surface area contributed by atoms with Crippen molar-refractivity contribution in [3.63, 3.8) is 0 Å². The number of phenols is 1. The van der Waals surface area contributed by atoms with E-state index in [2.05, 4.69) is 44.0 Å². The van der Waals surface area contributed by atoms with Crippen molar-refractivity contribution in [1.82, 2.24) is 50.0 Å². The van der Waals surface area contributed by atoms with Gasteiger partial charge in [0.05, 0.1) is 42.2 Å². The molecule has 4 aromatic rings. The van der Waals surface area contributed by atoms with Crippen LogP contribution >= 0.6 is 0 Å². The molecular formula is C49H62N10O7. The van der Waals surface area contributed by atoms with Gasteiger partial charge < -0.3 is 29.5 Å². The minimum Gasteiger partial charge on any atom is -0.508 e. The second-order valence-corrected chi connectivity index (χ2v) is 19.1. The first kappa shape index (κ1) is 47.6. The highest BCUT2D eigenvalue weighted by Gasteiger charge is 2.40. The Bertz CT molecular complexity index is 2550. The molecule has 0 radical (unpaired) electrons. The number of aromatic hydroxyl groups is 1. The van der Waals surface area contributed by atoms with E-state index in [1.54, 1.807) is 36.5 Å². The summed E-state index contributed by atoms with van der Waals surface area (Å²) in [5.41, 5.74) is 7.96. The summed E-state index contributed by atoms with van der Waals surface area (Å²) in [5, 5.41) is 16.5. The molecule has 1 unspecified atom stereocenters. The average Bonchev–Trinajstić information content (AvgIpc) is 3.90. The lowest BCUT2D eigenvalue weighted by Gasteiger charge is -2.37. The molecule has 3 aliphatic rings. The number of esters is 1. The summed E-state index contributed by atoms with van der Waals surface area (Å²) < 4.78 is 8.22. The molecule has 6 bridgehead atoms. The highest BCUT2D eigenvalue weighted by atomic mass is 16.5. The number of hydrazine groups is 1. The molecule has 0 aliphatic carbocycles. The van der Waals surface area contributed by atoms with Gasteiger partial charge >= 0.3 is 5.97 Å². The number of hydrogen-bond acceptors (Lipinski definition) is 12. The molecule has 0 saturated carbocycles. The van der Waals surface area contributed by atoms with Crippen molar-refractivity contribution in [2.75, 3.05) is 53.9 Å². The molecule has 4 atom stereocenters. The number of cyclic esters (lactones) is 1. The van der Waals surface area contributed by atoms with E-state index in [4.69, 9.17) is 9.72 Å². The molecule has 4 amide bonds. The summed E-state index contributed by atoms with van der Waals surface area (Å²) in [4.78, 5) is 88.3. The number of likely N-dealkylation sites (tertiary alicyclic amines) is 1. The fourth-order valence-corrected chi connectivity index (χ4v) is 9.41. The first-order valence-corrected chi connectivity index (χ1v) is 22.8. The second kappa shape index (κ2) is 20.0. The lowest BCUT2D eigenvalue weighted by Crippen LogP contribution is -2.62. The monoisotopic (exact) mass is 902 g/mol. The quantitative estimate of drug-likeness (QED) is 0.173. The fraction of sp³-hybridized carbons (Fsp3) is 0.510. The smallest absolute Gasteiger partial charge is 0.324 e. The van der Waals surface area contributed by atoms with Crippen molar-refractivity contribution in [3.8, 4) is 40.1 Å². The number of amides is 4. The van der Waals surface area contributed by atoms with Gasteiger partial charge in [-0.2, -0.15) is 0 Å². The van der Waals surface area contributed by atoms with Crippen LogP contribution in [-0.2, 0) is 48.1 Å². The van der Waals surface area contributed by atoms with E-state index >= 15 is 0 Å². The van der Waals surface area contributed by atoms with Crippen LogP contribution in [0, 0.1) is 29.1 Å². The molecule has 350 valence electrons. The molecule has 17 heteroatoms. The van der Waals surface area contributed by atoms with E-state index in [1.165, 1.54) is 16.2 Å². The Morgan fingerprint density at radius 2 is 1.79 bits per heavy atom. The Morgan fingerprint density at radius 1 is 1.03 bits per heavy atom.